The number of aryl methyl sites for hydroxylation is 1. The molecular formula is C39H43N9O7S. The molecule has 3 aromatic heterocycles. The zero-order valence-corrected chi connectivity index (χ0v) is 32.1. The van der Waals surface area contributed by atoms with Gasteiger partial charge in [0.1, 0.15) is 17.5 Å². The smallest absolute Gasteiger partial charge is 0.263 e. The number of ketones is 1. The van der Waals surface area contributed by atoms with Crippen LogP contribution in [0.25, 0.3) is 11.0 Å². The van der Waals surface area contributed by atoms with E-state index in [0.29, 0.717) is 66.7 Å². The molecule has 0 bridgehead atoms. The number of amides is 3. The molecule has 3 aliphatic heterocycles. The molecule has 1 aromatic carbocycles. The Bertz CT molecular complexity index is 2440. The van der Waals surface area contributed by atoms with Crippen LogP contribution in [-0.2, 0) is 26.0 Å². The molecule has 1 aliphatic carbocycles. The molecule has 56 heavy (non-hydrogen) atoms. The molecule has 3 fully saturated rings. The van der Waals surface area contributed by atoms with E-state index in [-0.39, 0.29) is 64.5 Å². The van der Waals surface area contributed by atoms with E-state index in [2.05, 4.69) is 30.4 Å². The largest absolute Gasteiger partial charge is 0.368 e. The summed E-state index contributed by atoms with van der Waals surface area (Å²) in [5.41, 5.74) is 2.55. The first-order chi connectivity index (χ1) is 26.9. The third-order valence-electron chi connectivity index (χ3n) is 11.5. The van der Waals surface area contributed by atoms with Gasteiger partial charge in [-0.1, -0.05) is 18.9 Å². The van der Waals surface area contributed by atoms with Gasteiger partial charge in [0.05, 0.1) is 28.1 Å². The molecule has 1 unspecified atom stereocenters. The lowest BCUT2D eigenvalue weighted by Crippen LogP contribution is -2.52. The topological polar surface area (TPSA) is 197 Å². The van der Waals surface area contributed by atoms with Crippen molar-refractivity contribution < 1.29 is 27.6 Å². The number of hydrogen-bond acceptors (Lipinski definition) is 13. The Morgan fingerprint density at radius 3 is 2.43 bits per heavy atom. The normalized spacial score (nSPS) is 19.5. The minimum Gasteiger partial charge on any atom is -0.368 e. The summed E-state index contributed by atoms with van der Waals surface area (Å²) in [6.07, 6.45) is 7.47. The number of fused-ring (bicyclic) bond motifs is 2. The van der Waals surface area contributed by atoms with Gasteiger partial charge in [0.2, 0.25) is 17.8 Å². The monoisotopic (exact) mass is 781 g/mol. The molecule has 4 aliphatic rings. The lowest BCUT2D eigenvalue weighted by Gasteiger charge is -2.35. The summed E-state index contributed by atoms with van der Waals surface area (Å²) in [5, 5.41) is 6.11. The summed E-state index contributed by atoms with van der Waals surface area (Å²) < 4.78 is 29.0. The minimum atomic E-state index is -3.76. The number of piperazine rings is 1. The lowest BCUT2D eigenvalue weighted by atomic mass is 10.0. The highest BCUT2D eigenvalue weighted by molar-refractivity contribution is 7.91. The van der Waals surface area contributed by atoms with Gasteiger partial charge in [-0.25, -0.2) is 18.4 Å². The van der Waals surface area contributed by atoms with E-state index in [1.807, 2.05) is 12.1 Å². The van der Waals surface area contributed by atoms with Crippen molar-refractivity contribution in [3.05, 3.63) is 75.3 Å². The average Bonchev–Trinajstić information content (AvgIpc) is 3.83. The minimum absolute atomic E-state index is 0.00246. The Hall–Kier alpha value is -5.55. The van der Waals surface area contributed by atoms with Crippen LogP contribution in [0.2, 0.25) is 0 Å². The molecule has 6 heterocycles. The van der Waals surface area contributed by atoms with Crippen LogP contribution in [0.3, 0.4) is 0 Å². The van der Waals surface area contributed by atoms with Gasteiger partial charge >= 0.3 is 0 Å². The number of pyridine rings is 2. The summed E-state index contributed by atoms with van der Waals surface area (Å²) in [4.78, 5) is 82.9. The Morgan fingerprint density at radius 1 is 0.964 bits per heavy atom. The van der Waals surface area contributed by atoms with Crippen molar-refractivity contribution in [2.24, 2.45) is 0 Å². The summed E-state index contributed by atoms with van der Waals surface area (Å²) in [5.74, 6) is -0.905. The number of nitrogens with one attached hydrogen (secondary N) is 2. The van der Waals surface area contributed by atoms with Crippen LogP contribution in [-0.4, -0.2) is 106 Å². The summed E-state index contributed by atoms with van der Waals surface area (Å²) in [6, 6.07) is 7.60. The maximum Gasteiger partial charge on any atom is 0.263 e. The molecule has 2 saturated heterocycles. The van der Waals surface area contributed by atoms with E-state index in [4.69, 9.17) is 4.98 Å². The van der Waals surface area contributed by atoms with Crippen molar-refractivity contribution in [3.63, 3.8) is 0 Å². The molecule has 1 atom stereocenters. The number of carbonyl (C=O) groups is 4. The van der Waals surface area contributed by atoms with Crippen molar-refractivity contribution in [2.75, 3.05) is 48.7 Å². The fourth-order valence-corrected chi connectivity index (χ4v) is 10.1. The number of sulfone groups is 1. The number of rotatable bonds is 10. The number of benzene rings is 1. The fraction of sp³-hybridized carbons (Fsp3) is 0.436. The second-order valence-corrected chi connectivity index (χ2v) is 17.0. The van der Waals surface area contributed by atoms with Crippen LogP contribution in [0.1, 0.15) is 83.3 Å². The first-order valence-corrected chi connectivity index (χ1v) is 20.7. The van der Waals surface area contributed by atoms with Crippen LogP contribution in [0.5, 0.6) is 0 Å². The molecule has 0 radical (unpaired) electrons. The highest BCUT2D eigenvalue weighted by Crippen LogP contribution is 2.34. The number of piperidine rings is 1. The van der Waals surface area contributed by atoms with Gasteiger partial charge in [-0.3, -0.25) is 38.8 Å². The molecular weight excluding hydrogens is 739 g/mol. The van der Waals surface area contributed by atoms with Crippen LogP contribution in [0, 0.1) is 6.92 Å². The first-order valence-electron chi connectivity index (χ1n) is 19.0. The summed E-state index contributed by atoms with van der Waals surface area (Å²) >= 11 is 0. The molecule has 292 valence electrons. The van der Waals surface area contributed by atoms with E-state index < -0.39 is 27.7 Å². The van der Waals surface area contributed by atoms with Gasteiger partial charge in [-0.05, 0) is 62.9 Å². The summed E-state index contributed by atoms with van der Waals surface area (Å²) in [7, 11) is -3.76. The molecule has 4 aromatic rings. The quantitative estimate of drug-likeness (QED) is 0.176. The second-order valence-electron chi connectivity index (χ2n) is 15.0. The van der Waals surface area contributed by atoms with Crippen LogP contribution < -0.4 is 21.1 Å². The zero-order chi connectivity index (χ0) is 39.3. The predicted octanol–water partition coefficient (Wildman–Crippen LogP) is 2.91. The molecule has 3 amide bonds. The fourth-order valence-electron chi connectivity index (χ4n) is 8.51. The second kappa shape index (κ2) is 14.8. The van der Waals surface area contributed by atoms with Crippen LogP contribution in [0.4, 0.5) is 17.5 Å². The number of hydrogen-bond donors (Lipinski definition) is 2. The molecule has 16 nitrogen and oxygen atoms in total. The highest BCUT2D eigenvalue weighted by Gasteiger charge is 2.41. The third kappa shape index (κ3) is 6.93. The Balaban J connectivity index is 0.889. The maximum atomic E-state index is 13.6. The SMILES string of the molecule is CC(=O)c1c(C)c2cnc(Nc3ccc(N4CCN(CCS(=O)(=O)c5cccc6c5CN(C5CCC(=O)NC5=O)C6=O)CC4)cn3)nc2n(C2CCCC2)c1=O. The van der Waals surface area contributed by atoms with Gasteiger partial charge in [-0.15, -0.1) is 0 Å². The molecule has 1 saturated carbocycles. The highest BCUT2D eigenvalue weighted by atomic mass is 32.2. The van der Waals surface area contributed by atoms with Gasteiger partial charge in [0, 0.05) is 74.4 Å². The number of nitrogens with zero attached hydrogens (tertiary/aromatic N) is 7. The number of Topliss-reactive ketones (excluding diaryl/α,β-unsaturated/α-hetero) is 1. The maximum absolute atomic E-state index is 13.6. The van der Waals surface area contributed by atoms with E-state index in [1.165, 1.54) is 17.9 Å². The standard InChI is InChI=1S/C39H43N9O7S/c1-23-28-21-41-39(44-35(28)48(25-6-3-4-7-25)38(53)34(23)24(2)49)42-32-12-10-26(20-40-32)46-16-14-45(15-17-46)18-19-56(54,55)31-9-5-8-27-29(31)22-47(37(27)52)30-11-13-33(50)43-36(30)51/h5,8-10,12,20-21,25,30H,3-4,6-7,11,13-19,22H2,1-2H3,(H,43,50,51)(H,40,41,42,44). The zero-order valence-electron chi connectivity index (χ0n) is 31.3. The molecule has 8 rings (SSSR count). The van der Waals surface area contributed by atoms with Crippen molar-refractivity contribution in [2.45, 2.75) is 75.9 Å². The number of aromatic nitrogens is 4. The molecule has 17 heteroatoms. The van der Waals surface area contributed by atoms with Gasteiger partial charge in [-0.2, -0.15) is 4.98 Å². The van der Waals surface area contributed by atoms with Gasteiger partial charge in [0.25, 0.3) is 11.5 Å². The van der Waals surface area contributed by atoms with Crippen LogP contribution in [0.15, 0.2) is 52.4 Å². The van der Waals surface area contributed by atoms with Crippen molar-refractivity contribution in [3.8, 4) is 0 Å². The van der Waals surface area contributed by atoms with E-state index >= 15 is 0 Å². The van der Waals surface area contributed by atoms with Crippen molar-refractivity contribution in [1.82, 2.24) is 34.6 Å². The van der Waals surface area contributed by atoms with E-state index in [1.54, 1.807) is 36.0 Å². The lowest BCUT2D eigenvalue weighted by molar-refractivity contribution is -0.136. The Labute approximate surface area is 323 Å². The first kappa shape index (κ1) is 37.4. The number of imide groups is 1. The van der Waals surface area contributed by atoms with Gasteiger partial charge in [0.15, 0.2) is 15.6 Å². The number of carbonyl (C=O) groups excluding carboxylic acids is 4. The number of anilines is 3. The molecule has 0 spiro atoms. The van der Waals surface area contributed by atoms with Gasteiger partial charge < -0.3 is 15.1 Å². The average molecular weight is 782 g/mol. The van der Waals surface area contributed by atoms with E-state index in [0.717, 1.165) is 31.4 Å². The predicted molar refractivity (Wildman–Crippen MR) is 207 cm³/mol. The van der Waals surface area contributed by atoms with Crippen LogP contribution >= 0.6 is 0 Å². The Morgan fingerprint density at radius 2 is 1.73 bits per heavy atom. The third-order valence-corrected chi connectivity index (χ3v) is 13.3. The van der Waals surface area contributed by atoms with Crippen molar-refractivity contribution in [1.29, 1.82) is 0 Å². The van der Waals surface area contributed by atoms with Crippen molar-refractivity contribution >= 4 is 61.8 Å². The Kier molecular flexibility index (Phi) is 9.90. The van der Waals surface area contributed by atoms with E-state index in [9.17, 15) is 32.4 Å². The summed E-state index contributed by atoms with van der Waals surface area (Å²) in [6.45, 7) is 6.11. The molecule has 2 N–H and O–H groups in total.